The third-order valence-corrected chi connectivity index (χ3v) is 3.41. The van der Waals surface area contributed by atoms with Crippen molar-refractivity contribution in [2.75, 3.05) is 19.8 Å². The van der Waals surface area contributed by atoms with Crippen LogP contribution >= 0.6 is 0 Å². The van der Waals surface area contributed by atoms with Gasteiger partial charge >= 0.3 is 0 Å². The molecule has 108 valence electrons. The maximum atomic E-state index is 12.7. The number of aliphatic hydroxyl groups excluding tert-OH is 1. The van der Waals surface area contributed by atoms with Crippen molar-refractivity contribution in [2.45, 2.75) is 38.6 Å². The highest BCUT2D eigenvalue weighted by atomic mass is 19.1. The number of aliphatic hydroxyl groups is 1. The lowest BCUT2D eigenvalue weighted by molar-refractivity contribution is 0.139. The monoisotopic (exact) mass is 269 g/mol. The molecule has 0 aliphatic rings. The molecular formula is C15H24FNO2. The number of ether oxygens (including phenoxy) is 1. The van der Waals surface area contributed by atoms with Gasteiger partial charge in [0.1, 0.15) is 11.6 Å². The smallest absolute Gasteiger partial charge is 0.123 e. The van der Waals surface area contributed by atoms with Gasteiger partial charge in [0.2, 0.25) is 0 Å². The fraction of sp³-hybridized carbons (Fsp3) is 0.600. The van der Waals surface area contributed by atoms with E-state index in [0.29, 0.717) is 12.4 Å². The Labute approximate surface area is 114 Å². The van der Waals surface area contributed by atoms with E-state index in [-0.39, 0.29) is 18.0 Å². The van der Waals surface area contributed by atoms with E-state index >= 15 is 0 Å². The highest BCUT2D eigenvalue weighted by Crippen LogP contribution is 2.18. The van der Waals surface area contributed by atoms with Gasteiger partial charge in [-0.25, -0.2) is 4.39 Å². The zero-order valence-electron chi connectivity index (χ0n) is 11.8. The Bertz CT molecular complexity index is 350. The molecule has 0 amide bonds. The van der Waals surface area contributed by atoms with E-state index in [1.807, 2.05) is 6.92 Å². The van der Waals surface area contributed by atoms with Gasteiger partial charge in [0.15, 0.2) is 0 Å². The van der Waals surface area contributed by atoms with Gasteiger partial charge in [-0.15, -0.1) is 0 Å². The molecule has 0 bridgehead atoms. The van der Waals surface area contributed by atoms with Crippen LogP contribution in [0.3, 0.4) is 0 Å². The van der Waals surface area contributed by atoms with E-state index in [0.717, 1.165) is 25.8 Å². The summed E-state index contributed by atoms with van der Waals surface area (Å²) in [4.78, 5) is 0. The largest absolute Gasteiger partial charge is 0.494 e. The molecule has 1 atom stereocenters. The SMILES string of the molecule is CCNC(CC)(CO)CCCOc1ccc(F)cc1. The molecule has 3 nitrogen and oxygen atoms in total. The third-order valence-electron chi connectivity index (χ3n) is 3.41. The normalized spacial score (nSPS) is 14.1. The second-order valence-electron chi connectivity index (χ2n) is 4.73. The molecule has 0 aliphatic carbocycles. The summed E-state index contributed by atoms with van der Waals surface area (Å²) in [5.74, 6) is 0.417. The number of hydrogen-bond donors (Lipinski definition) is 2. The number of likely N-dealkylation sites (N-methyl/N-ethyl adjacent to an activating group) is 1. The van der Waals surface area contributed by atoms with Crippen LogP contribution < -0.4 is 10.1 Å². The zero-order chi connectivity index (χ0) is 14.1. The highest BCUT2D eigenvalue weighted by Gasteiger charge is 2.25. The molecular weight excluding hydrogens is 245 g/mol. The first-order chi connectivity index (χ1) is 9.15. The van der Waals surface area contributed by atoms with E-state index in [1.165, 1.54) is 12.1 Å². The molecule has 1 aromatic rings. The van der Waals surface area contributed by atoms with Crippen LogP contribution in [0.15, 0.2) is 24.3 Å². The maximum Gasteiger partial charge on any atom is 0.123 e. The second kappa shape index (κ2) is 8.12. The lowest BCUT2D eigenvalue weighted by Crippen LogP contribution is -2.48. The van der Waals surface area contributed by atoms with Crippen LogP contribution in [0.1, 0.15) is 33.1 Å². The van der Waals surface area contributed by atoms with Crippen LogP contribution in [0.4, 0.5) is 4.39 Å². The molecule has 1 unspecified atom stereocenters. The van der Waals surface area contributed by atoms with Gasteiger partial charge < -0.3 is 15.2 Å². The average molecular weight is 269 g/mol. The molecule has 19 heavy (non-hydrogen) atoms. The summed E-state index contributed by atoms with van der Waals surface area (Å²) in [6, 6.07) is 6.02. The summed E-state index contributed by atoms with van der Waals surface area (Å²) in [7, 11) is 0. The Morgan fingerprint density at radius 3 is 2.47 bits per heavy atom. The molecule has 4 heteroatoms. The summed E-state index contributed by atoms with van der Waals surface area (Å²) < 4.78 is 18.3. The molecule has 1 rings (SSSR count). The molecule has 0 fully saturated rings. The van der Waals surface area contributed by atoms with Crippen LogP contribution in [0.2, 0.25) is 0 Å². The zero-order valence-corrected chi connectivity index (χ0v) is 11.8. The van der Waals surface area contributed by atoms with Gasteiger partial charge in [-0.05, 0) is 50.1 Å². The lowest BCUT2D eigenvalue weighted by Gasteiger charge is -2.31. The van der Waals surface area contributed by atoms with Crippen molar-refractivity contribution in [3.63, 3.8) is 0 Å². The molecule has 0 saturated heterocycles. The first kappa shape index (κ1) is 15.9. The average Bonchev–Trinajstić information content (AvgIpc) is 2.44. The molecule has 0 aromatic heterocycles. The van der Waals surface area contributed by atoms with E-state index in [2.05, 4.69) is 12.2 Å². The Kier molecular flexibility index (Phi) is 6.81. The molecule has 0 heterocycles. The Morgan fingerprint density at radius 2 is 1.95 bits per heavy atom. The predicted octanol–water partition coefficient (Wildman–Crippen LogP) is 2.74. The maximum absolute atomic E-state index is 12.7. The van der Waals surface area contributed by atoms with Crippen molar-refractivity contribution in [2.24, 2.45) is 0 Å². The second-order valence-corrected chi connectivity index (χ2v) is 4.73. The van der Waals surface area contributed by atoms with Crippen LogP contribution in [0.25, 0.3) is 0 Å². The predicted molar refractivity (Wildman–Crippen MR) is 74.9 cm³/mol. The van der Waals surface area contributed by atoms with Crippen molar-refractivity contribution < 1.29 is 14.2 Å². The van der Waals surface area contributed by atoms with Crippen LogP contribution in [0, 0.1) is 5.82 Å². The minimum absolute atomic E-state index is 0.133. The number of benzene rings is 1. The van der Waals surface area contributed by atoms with Gasteiger partial charge in [-0.3, -0.25) is 0 Å². The topological polar surface area (TPSA) is 41.5 Å². The molecule has 0 radical (unpaired) electrons. The Morgan fingerprint density at radius 1 is 1.26 bits per heavy atom. The first-order valence-electron chi connectivity index (χ1n) is 6.90. The summed E-state index contributed by atoms with van der Waals surface area (Å²) in [5, 5.41) is 12.9. The Balaban J connectivity index is 2.34. The number of nitrogens with one attached hydrogen (secondary N) is 1. The van der Waals surface area contributed by atoms with Crippen LogP contribution in [-0.2, 0) is 0 Å². The lowest BCUT2D eigenvalue weighted by atomic mass is 9.91. The van der Waals surface area contributed by atoms with Gasteiger partial charge in [0.05, 0.1) is 13.2 Å². The van der Waals surface area contributed by atoms with Gasteiger partial charge in [-0.2, -0.15) is 0 Å². The minimum Gasteiger partial charge on any atom is -0.494 e. The van der Waals surface area contributed by atoms with E-state index in [9.17, 15) is 9.50 Å². The summed E-state index contributed by atoms with van der Waals surface area (Å²) in [6.45, 7) is 5.65. The quantitative estimate of drug-likeness (QED) is 0.677. The van der Waals surface area contributed by atoms with Crippen molar-refractivity contribution in [1.29, 1.82) is 0 Å². The fourth-order valence-corrected chi connectivity index (χ4v) is 2.14. The molecule has 1 aromatic carbocycles. The van der Waals surface area contributed by atoms with E-state index in [1.54, 1.807) is 12.1 Å². The molecule has 0 saturated carbocycles. The summed E-state index contributed by atoms with van der Waals surface area (Å²) >= 11 is 0. The Hall–Kier alpha value is -1.13. The number of halogens is 1. The van der Waals surface area contributed by atoms with Crippen molar-refractivity contribution in [3.8, 4) is 5.75 Å². The fourth-order valence-electron chi connectivity index (χ4n) is 2.14. The number of hydrogen-bond acceptors (Lipinski definition) is 3. The summed E-state index contributed by atoms with van der Waals surface area (Å²) in [6.07, 6.45) is 2.59. The van der Waals surface area contributed by atoms with Gasteiger partial charge in [0, 0.05) is 5.54 Å². The molecule has 2 N–H and O–H groups in total. The summed E-state index contributed by atoms with van der Waals surface area (Å²) in [5.41, 5.74) is -0.207. The van der Waals surface area contributed by atoms with Crippen LogP contribution in [-0.4, -0.2) is 30.4 Å². The van der Waals surface area contributed by atoms with Crippen molar-refractivity contribution in [3.05, 3.63) is 30.1 Å². The van der Waals surface area contributed by atoms with Crippen LogP contribution in [0.5, 0.6) is 5.75 Å². The third kappa shape index (κ3) is 5.17. The minimum atomic E-state index is -0.259. The van der Waals surface area contributed by atoms with E-state index < -0.39 is 0 Å². The standard InChI is InChI=1S/C15H24FNO2/c1-3-15(12-18,17-4-2)10-5-11-19-14-8-6-13(16)7-9-14/h6-9,17-18H,3-5,10-12H2,1-2H3. The van der Waals surface area contributed by atoms with Crippen molar-refractivity contribution >= 4 is 0 Å². The first-order valence-corrected chi connectivity index (χ1v) is 6.90. The molecule has 0 aliphatic heterocycles. The van der Waals surface area contributed by atoms with Crippen molar-refractivity contribution in [1.82, 2.24) is 5.32 Å². The molecule has 0 spiro atoms. The van der Waals surface area contributed by atoms with Gasteiger partial charge in [-0.1, -0.05) is 13.8 Å². The highest BCUT2D eigenvalue weighted by molar-refractivity contribution is 5.21. The number of rotatable bonds is 9. The van der Waals surface area contributed by atoms with E-state index in [4.69, 9.17) is 4.74 Å². The van der Waals surface area contributed by atoms with Gasteiger partial charge in [0.25, 0.3) is 0 Å².